The van der Waals surface area contributed by atoms with Gasteiger partial charge in [-0.2, -0.15) is 0 Å². The van der Waals surface area contributed by atoms with Crippen LogP contribution in [0.1, 0.15) is 28.8 Å². The summed E-state index contributed by atoms with van der Waals surface area (Å²) >= 11 is 0. The molecule has 3 N–H and O–H groups in total. The van der Waals surface area contributed by atoms with Crippen molar-refractivity contribution < 1.29 is 19.3 Å². The molecular formula is C21H22N4O5. The second-order valence-electron chi connectivity index (χ2n) is 7.05. The Labute approximate surface area is 173 Å². The molecule has 9 heteroatoms. The van der Waals surface area contributed by atoms with E-state index in [-0.39, 0.29) is 35.7 Å². The lowest BCUT2D eigenvalue weighted by Gasteiger charge is -2.08. The number of nitro benzene ring substituents is 1. The van der Waals surface area contributed by atoms with Crippen molar-refractivity contribution >= 4 is 29.1 Å². The lowest BCUT2D eigenvalue weighted by molar-refractivity contribution is -0.384. The van der Waals surface area contributed by atoms with Gasteiger partial charge >= 0.3 is 0 Å². The molecule has 2 aromatic carbocycles. The van der Waals surface area contributed by atoms with Crippen LogP contribution in [0.5, 0.6) is 0 Å². The van der Waals surface area contributed by atoms with Gasteiger partial charge in [0.1, 0.15) is 0 Å². The molecule has 0 atom stereocenters. The Morgan fingerprint density at radius 1 is 0.933 bits per heavy atom. The largest absolute Gasteiger partial charge is 0.354 e. The third kappa shape index (κ3) is 6.13. The smallest absolute Gasteiger partial charge is 0.269 e. The van der Waals surface area contributed by atoms with Crippen molar-refractivity contribution in [2.45, 2.75) is 19.3 Å². The first-order valence-electron chi connectivity index (χ1n) is 9.61. The number of carbonyl (C=O) groups is 3. The maximum Gasteiger partial charge on any atom is 0.269 e. The number of non-ortho nitro benzene ring substituents is 1. The molecule has 1 aliphatic carbocycles. The van der Waals surface area contributed by atoms with E-state index < -0.39 is 4.92 Å². The fourth-order valence-electron chi connectivity index (χ4n) is 2.78. The Hall–Kier alpha value is -3.75. The maximum absolute atomic E-state index is 12.1. The van der Waals surface area contributed by atoms with E-state index in [0.29, 0.717) is 29.9 Å². The Kier molecular flexibility index (Phi) is 6.74. The number of nitrogens with zero attached hydrogens (tertiary/aromatic N) is 1. The molecule has 30 heavy (non-hydrogen) atoms. The lowest BCUT2D eigenvalue weighted by Crippen LogP contribution is -2.35. The molecule has 0 aliphatic heterocycles. The van der Waals surface area contributed by atoms with Crippen LogP contribution < -0.4 is 16.0 Å². The molecule has 1 fully saturated rings. The van der Waals surface area contributed by atoms with Crippen LogP contribution in [0.15, 0.2) is 48.5 Å². The van der Waals surface area contributed by atoms with Crippen molar-refractivity contribution in [2.75, 3.05) is 18.4 Å². The van der Waals surface area contributed by atoms with E-state index in [9.17, 15) is 24.5 Å². The number of carbonyl (C=O) groups excluding carboxylic acids is 3. The molecule has 3 rings (SSSR count). The molecule has 0 bridgehead atoms. The lowest BCUT2D eigenvalue weighted by atomic mass is 10.1. The predicted molar refractivity (Wildman–Crippen MR) is 110 cm³/mol. The van der Waals surface area contributed by atoms with Crippen LogP contribution in [-0.2, 0) is 16.0 Å². The molecule has 156 valence electrons. The summed E-state index contributed by atoms with van der Waals surface area (Å²) in [5.74, 6) is -0.353. The minimum Gasteiger partial charge on any atom is -0.354 e. The van der Waals surface area contributed by atoms with Gasteiger partial charge in [-0.25, -0.2) is 0 Å². The first kappa shape index (κ1) is 21.0. The van der Waals surface area contributed by atoms with Gasteiger partial charge in [0.05, 0.1) is 11.3 Å². The van der Waals surface area contributed by atoms with E-state index >= 15 is 0 Å². The molecular weight excluding hydrogens is 388 g/mol. The van der Waals surface area contributed by atoms with Crippen molar-refractivity contribution in [2.24, 2.45) is 5.92 Å². The monoisotopic (exact) mass is 410 g/mol. The predicted octanol–water partition coefficient (Wildman–Crippen LogP) is 2.03. The summed E-state index contributed by atoms with van der Waals surface area (Å²) in [5.41, 5.74) is 1.60. The van der Waals surface area contributed by atoms with Crippen LogP contribution in [-0.4, -0.2) is 35.7 Å². The quantitative estimate of drug-likeness (QED) is 0.331. The van der Waals surface area contributed by atoms with E-state index in [2.05, 4.69) is 16.0 Å². The van der Waals surface area contributed by atoms with Crippen LogP contribution in [0.25, 0.3) is 0 Å². The Morgan fingerprint density at radius 3 is 2.17 bits per heavy atom. The van der Waals surface area contributed by atoms with Crippen molar-refractivity contribution in [3.8, 4) is 0 Å². The number of anilines is 1. The molecule has 2 aromatic rings. The third-order valence-corrected chi connectivity index (χ3v) is 4.60. The summed E-state index contributed by atoms with van der Waals surface area (Å²) in [6.07, 6.45) is 1.96. The van der Waals surface area contributed by atoms with Crippen molar-refractivity contribution in [3.05, 3.63) is 69.8 Å². The van der Waals surface area contributed by atoms with E-state index in [0.717, 1.165) is 12.8 Å². The highest BCUT2D eigenvalue weighted by molar-refractivity contribution is 5.96. The highest BCUT2D eigenvalue weighted by Crippen LogP contribution is 2.28. The summed E-state index contributed by atoms with van der Waals surface area (Å²) in [6.45, 7) is 0.725. The van der Waals surface area contributed by atoms with Gasteiger partial charge in [0.2, 0.25) is 11.8 Å². The minimum absolute atomic E-state index is 0.0293. The Balaban J connectivity index is 1.42. The minimum atomic E-state index is -0.494. The summed E-state index contributed by atoms with van der Waals surface area (Å²) < 4.78 is 0. The second kappa shape index (κ2) is 9.64. The highest BCUT2D eigenvalue weighted by atomic mass is 16.6. The van der Waals surface area contributed by atoms with Gasteiger partial charge in [0.25, 0.3) is 11.6 Å². The number of rotatable bonds is 9. The summed E-state index contributed by atoms with van der Waals surface area (Å²) in [6, 6.07) is 12.2. The average Bonchev–Trinajstić information content (AvgIpc) is 3.57. The van der Waals surface area contributed by atoms with E-state index in [1.54, 1.807) is 24.3 Å². The number of nitrogens with one attached hydrogen (secondary N) is 3. The van der Waals surface area contributed by atoms with Gasteiger partial charge in [-0.15, -0.1) is 0 Å². The van der Waals surface area contributed by atoms with Gasteiger partial charge in [-0.3, -0.25) is 24.5 Å². The summed E-state index contributed by atoms with van der Waals surface area (Å²) in [7, 11) is 0. The highest BCUT2D eigenvalue weighted by Gasteiger charge is 2.29. The molecule has 9 nitrogen and oxygen atoms in total. The fraction of sp³-hybridized carbons (Fsp3) is 0.286. The first-order valence-corrected chi connectivity index (χ1v) is 9.61. The van der Waals surface area contributed by atoms with Crippen molar-refractivity contribution in [3.63, 3.8) is 0 Å². The SMILES string of the molecule is O=C(Cc1ccc([N+](=O)[O-])cc1)Nc1ccc(C(=O)NCCNC(=O)C2CC2)cc1. The van der Waals surface area contributed by atoms with Crippen LogP contribution in [0.2, 0.25) is 0 Å². The number of benzene rings is 2. The number of amides is 3. The standard InChI is InChI=1S/C21H22N4O5/c26-19(13-14-1-9-18(10-2-14)25(29)30)24-17-7-5-16(6-8-17)21(28)23-12-11-22-20(27)15-3-4-15/h1-2,5-10,15H,3-4,11-13H2,(H,22,27)(H,23,28)(H,24,26). The van der Waals surface area contributed by atoms with Crippen molar-refractivity contribution in [1.82, 2.24) is 10.6 Å². The number of hydrogen-bond acceptors (Lipinski definition) is 5. The van der Waals surface area contributed by atoms with Crippen LogP contribution in [0.3, 0.4) is 0 Å². The fourth-order valence-corrected chi connectivity index (χ4v) is 2.78. The molecule has 0 heterocycles. The third-order valence-electron chi connectivity index (χ3n) is 4.60. The molecule has 0 saturated heterocycles. The van der Waals surface area contributed by atoms with Gasteiger partial charge in [0, 0.05) is 42.4 Å². The van der Waals surface area contributed by atoms with Gasteiger partial charge in [-0.05, 0) is 42.7 Å². The number of nitro groups is 1. The molecule has 0 radical (unpaired) electrons. The first-order chi connectivity index (χ1) is 14.4. The molecule has 3 amide bonds. The zero-order chi connectivity index (χ0) is 21.5. The zero-order valence-corrected chi connectivity index (χ0v) is 16.2. The van der Waals surface area contributed by atoms with Gasteiger partial charge in [0.15, 0.2) is 0 Å². The zero-order valence-electron chi connectivity index (χ0n) is 16.2. The molecule has 0 spiro atoms. The Morgan fingerprint density at radius 2 is 1.57 bits per heavy atom. The molecule has 1 saturated carbocycles. The van der Waals surface area contributed by atoms with Crippen LogP contribution >= 0.6 is 0 Å². The van der Waals surface area contributed by atoms with Crippen LogP contribution in [0, 0.1) is 16.0 Å². The van der Waals surface area contributed by atoms with Crippen molar-refractivity contribution in [1.29, 1.82) is 0 Å². The molecule has 0 unspecified atom stereocenters. The summed E-state index contributed by atoms with van der Waals surface area (Å²) in [5, 5.41) is 18.9. The maximum atomic E-state index is 12.1. The van der Waals surface area contributed by atoms with Crippen LogP contribution in [0.4, 0.5) is 11.4 Å². The van der Waals surface area contributed by atoms with E-state index in [1.807, 2.05) is 0 Å². The normalized spacial score (nSPS) is 12.7. The summed E-state index contributed by atoms with van der Waals surface area (Å²) in [4.78, 5) is 46.0. The van der Waals surface area contributed by atoms with E-state index in [1.165, 1.54) is 24.3 Å². The topological polar surface area (TPSA) is 130 Å². The average molecular weight is 410 g/mol. The second-order valence-corrected chi connectivity index (χ2v) is 7.05. The molecule has 0 aromatic heterocycles. The number of hydrogen-bond donors (Lipinski definition) is 3. The van der Waals surface area contributed by atoms with Gasteiger partial charge in [-0.1, -0.05) is 12.1 Å². The van der Waals surface area contributed by atoms with E-state index in [4.69, 9.17) is 0 Å². The molecule has 1 aliphatic rings. The Bertz CT molecular complexity index is 937. The van der Waals surface area contributed by atoms with Gasteiger partial charge < -0.3 is 16.0 Å².